The summed E-state index contributed by atoms with van der Waals surface area (Å²) in [5.41, 5.74) is 5.04. The first-order valence-corrected chi connectivity index (χ1v) is 16.6. The Bertz CT molecular complexity index is 1110. The van der Waals surface area contributed by atoms with E-state index in [1.165, 1.54) is 81.1 Å². The fourth-order valence-electron chi connectivity index (χ4n) is 7.74. The summed E-state index contributed by atoms with van der Waals surface area (Å²) < 4.78 is 11.5. The lowest BCUT2D eigenvalue weighted by molar-refractivity contribution is 0.0679. The molecular weight excluding hydrogens is 508 g/mol. The third-order valence-corrected chi connectivity index (χ3v) is 10.3. The zero-order valence-corrected chi connectivity index (χ0v) is 25.1. The molecule has 5 heteroatoms. The Labute approximate surface area is 247 Å². The van der Waals surface area contributed by atoms with Crippen LogP contribution in [0, 0.1) is 11.8 Å². The van der Waals surface area contributed by atoms with Gasteiger partial charge >= 0.3 is 0 Å². The van der Waals surface area contributed by atoms with Gasteiger partial charge in [0.15, 0.2) is 0 Å². The number of ether oxygens (including phenoxy) is 2. The van der Waals surface area contributed by atoms with E-state index in [4.69, 9.17) is 9.47 Å². The van der Waals surface area contributed by atoms with Crippen molar-refractivity contribution in [1.29, 1.82) is 0 Å². The molecule has 2 aromatic rings. The number of rotatable bonds is 11. The lowest BCUT2D eigenvalue weighted by Gasteiger charge is -2.34. The fourth-order valence-corrected chi connectivity index (χ4v) is 7.74. The average Bonchev–Trinajstić information content (AvgIpc) is 3.80. The second kappa shape index (κ2) is 13.7. The van der Waals surface area contributed by atoms with Gasteiger partial charge in [0.05, 0.1) is 6.10 Å². The van der Waals surface area contributed by atoms with Crippen molar-refractivity contribution in [2.24, 2.45) is 11.8 Å². The van der Waals surface area contributed by atoms with Crippen molar-refractivity contribution in [1.82, 2.24) is 10.2 Å². The maximum absolute atomic E-state index is 13.0. The largest absolute Gasteiger partial charge is 0.491 e. The summed E-state index contributed by atoms with van der Waals surface area (Å²) in [6.07, 6.45) is 16.6. The number of carbonyl (C=O) groups is 1. The summed E-state index contributed by atoms with van der Waals surface area (Å²) in [6.45, 7) is 6.39. The van der Waals surface area contributed by atoms with Crippen molar-refractivity contribution >= 4 is 5.91 Å². The Kier molecular flexibility index (Phi) is 9.63. The molecule has 3 aliphatic carbocycles. The molecule has 1 aliphatic heterocycles. The van der Waals surface area contributed by atoms with Gasteiger partial charge in [-0.1, -0.05) is 43.9 Å². The molecule has 1 N–H and O–H groups in total. The topological polar surface area (TPSA) is 50.8 Å². The summed E-state index contributed by atoms with van der Waals surface area (Å²) in [5, 5.41) is 3.30. The van der Waals surface area contributed by atoms with Crippen LogP contribution in [0.25, 0.3) is 0 Å². The quantitative estimate of drug-likeness (QED) is 0.315. The maximum Gasteiger partial charge on any atom is 0.251 e. The normalized spacial score (nSPS) is 24.0. The van der Waals surface area contributed by atoms with E-state index in [1.807, 2.05) is 24.3 Å². The number of nitrogens with zero attached hydrogens (tertiary/aromatic N) is 1. The van der Waals surface area contributed by atoms with E-state index in [9.17, 15) is 4.79 Å². The number of fused-ring (bicyclic) bond motifs is 1. The standard InChI is InChI=1S/C36H50N2O3/c1-26(38(23-27-7-2-3-8-27)24-28-9-4-5-10-28)30-12-13-32-22-33(17-14-31(32)21-30)37-36(39)29-15-18-34(19-16-29)41-25-35-11-6-20-40-35/h12-13,15-16,18-19,21,26-28,33,35H,2-11,14,17,20,22-25H2,1H3,(H,37,39)/t26-,33+,35+/m1/s1. The van der Waals surface area contributed by atoms with Crippen LogP contribution in [-0.2, 0) is 17.6 Å². The van der Waals surface area contributed by atoms with Crippen molar-refractivity contribution in [2.75, 3.05) is 26.3 Å². The molecule has 1 saturated heterocycles. The number of aryl methyl sites for hydroxylation is 1. The average molecular weight is 559 g/mol. The van der Waals surface area contributed by atoms with Gasteiger partial charge < -0.3 is 14.8 Å². The van der Waals surface area contributed by atoms with Crippen molar-refractivity contribution in [3.63, 3.8) is 0 Å². The van der Waals surface area contributed by atoms with Gasteiger partial charge in [0.2, 0.25) is 0 Å². The van der Waals surface area contributed by atoms with Crippen LogP contribution in [0.15, 0.2) is 42.5 Å². The SMILES string of the molecule is C[C@H](c1ccc2c(c1)CC[C@H](NC(=O)c1ccc(OC[C@@H]3CCCO3)cc1)C2)N(CC1CCCC1)CC1CCCC1. The Balaban J connectivity index is 1.03. The summed E-state index contributed by atoms with van der Waals surface area (Å²) in [5.74, 6) is 2.56. The van der Waals surface area contributed by atoms with Gasteiger partial charge in [-0.25, -0.2) is 0 Å². The van der Waals surface area contributed by atoms with E-state index >= 15 is 0 Å². The van der Waals surface area contributed by atoms with Gasteiger partial charge in [-0.15, -0.1) is 0 Å². The number of amides is 1. The number of hydrogen-bond acceptors (Lipinski definition) is 4. The van der Waals surface area contributed by atoms with E-state index in [-0.39, 0.29) is 18.1 Å². The van der Waals surface area contributed by atoms with Crippen LogP contribution in [-0.4, -0.2) is 49.3 Å². The molecule has 5 nitrogen and oxygen atoms in total. The zero-order valence-electron chi connectivity index (χ0n) is 25.1. The minimum Gasteiger partial charge on any atom is -0.491 e. The zero-order chi connectivity index (χ0) is 28.0. The third kappa shape index (κ3) is 7.53. The van der Waals surface area contributed by atoms with E-state index in [0.717, 1.165) is 56.3 Å². The number of benzene rings is 2. The molecule has 2 saturated carbocycles. The van der Waals surface area contributed by atoms with Crippen LogP contribution in [0.1, 0.15) is 111 Å². The minimum absolute atomic E-state index is 0.00355. The third-order valence-electron chi connectivity index (χ3n) is 10.3. The molecule has 3 atom stereocenters. The summed E-state index contributed by atoms with van der Waals surface area (Å²) >= 11 is 0. The molecule has 0 bridgehead atoms. The number of nitrogens with one attached hydrogen (secondary N) is 1. The smallest absolute Gasteiger partial charge is 0.251 e. The molecule has 0 aromatic heterocycles. The van der Waals surface area contributed by atoms with Gasteiger partial charge in [0.25, 0.3) is 5.91 Å². The number of carbonyl (C=O) groups excluding carboxylic acids is 1. The molecule has 3 fully saturated rings. The van der Waals surface area contributed by atoms with Gasteiger partial charge in [0, 0.05) is 37.3 Å². The van der Waals surface area contributed by atoms with Crippen LogP contribution >= 0.6 is 0 Å². The summed E-state index contributed by atoms with van der Waals surface area (Å²) in [6, 6.07) is 15.4. The van der Waals surface area contributed by atoms with Gasteiger partial charge in [-0.05, 0) is 118 Å². The molecule has 1 amide bonds. The molecule has 2 aromatic carbocycles. The summed E-state index contributed by atoms with van der Waals surface area (Å²) in [7, 11) is 0. The predicted molar refractivity (Wildman–Crippen MR) is 165 cm³/mol. The first kappa shape index (κ1) is 28.7. The maximum atomic E-state index is 13.0. The van der Waals surface area contributed by atoms with Crippen LogP contribution in [0.5, 0.6) is 5.75 Å². The highest BCUT2D eigenvalue weighted by Gasteiger charge is 2.28. The van der Waals surface area contributed by atoms with Crippen molar-refractivity contribution in [3.8, 4) is 5.75 Å². The second-order valence-electron chi connectivity index (χ2n) is 13.3. The second-order valence-corrected chi connectivity index (χ2v) is 13.3. The highest BCUT2D eigenvalue weighted by atomic mass is 16.5. The minimum atomic E-state index is 0.00355. The highest BCUT2D eigenvalue weighted by Crippen LogP contribution is 2.34. The Morgan fingerprint density at radius 3 is 2.27 bits per heavy atom. The molecule has 0 spiro atoms. The van der Waals surface area contributed by atoms with Gasteiger partial charge in [-0.2, -0.15) is 0 Å². The van der Waals surface area contributed by atoms with Crippen LogP contribution in [0.3, 0.4) is 0 Å². The monoisotopic (exact) mass is 558 g/mol. The lowest BCUT2D eigenvalue weighted by Crippen LogP contribution is -2.39. The first-order valence-electron chi connectivity index (χ1n) is 16.6. The van der Waals surface area contributed by atoms with Crippen molar-refractivity contribution in [2.45, 2.75) is 109 Å². The Morgan fingerprint density at radius 2 is 1.61 bits per heavy atom. The van der Waals surface area contributed by atoms with Crippen molar-refractivity contribution < 1.29 is 14.3 Å². The number of hydrogen-bond donors (Lipinski definition) is 1. The van der Waals surface area contributed by atoms with E-state index in [1.54, 1.807) is 0 Å². The first-order chi connectivity index (χ1) is 20.1. The lowest BCUT2D eigenvalue weighted by atomic mass is 9.86. The van der Waals surface area contributed by atoms with E-state index in [0.29, 0.717) is 18.2 Å². The Hall–Kier alpha value is -2.37. The van der Waals surface area contributed by atoms with E-state index < -0.39 is 0 Å². The summed E-state index contributed by atoms with van der Waals surface area (Å²) in [4.78, 5) is 15.9. The molecule has 1 heterocycles. The van der Waals surface area contributed by atoms with Crippen LogP contribution in [0.2, 0.25) is 0 Å². The highest BCUT2D eigenvalue weighted by molar-refractivity contribution is 5.94. The molecular formula is C36H50N2O3. The molecule has 41 heavy (non-hydrogen) atoms. The molecule has 6 rings (SSSR count). The van der Waals surface area contributed by atoms with E-state index in [2.05, 4.69) is 35.3 Å². The fraction of sp³-hybridized carbons (Fsp3) is 0.639. The van der Waals surface area contributed by atoms with Crippen LogP contribution < -0.4 is 10.1 Å². The molecule has 4 aliphatic rings. The molecule has 0 radical (unpaired) electrons. The van der Waals surface area contributed by atoms with Gasteiger partial charge in [-0.3, -0.25) is 9.69 Å². The molecule has 0 unspecified atom stereocenters. The van der Waals surface area contributed by atoms with Gasteiger partial charge in [0.1, 0.15) is 12.4 Å². The van der Waals surface area contributed by atoms with Crippen LogP contribution in [0.4, 0.5) is 0 Å². The predicted octanol–water partition coefficient (Wildman–Crippen LogP) is 7.28. The van der Waals surface area contributed by atoms with Crippen molar-refractivity contribution in [3.05, 3.63) is 64.7 Å². The Morgan fingerprint density at radius 1 is 0.902 bits per heavy atom. The molecule has 222 valence electrons.